The van der Waals surface area contributed by atoms with E-state index in [2.05, 4.69) is 34.9 Å². The fourth-order valence-electron chi connectivity index (χ4n) is 3.65. The number of nitrogens with zero attached hydrogens (tertiary/aromatic N) is 2. The van der Waals surface area contributed by atoms with Gasteiger partial charge in [-0.25, -0.2) is 9.36 Å². The Balaban J connectivity index is 2.30. The molecule has 3 aromatic carbocycles. The molecule has 0 radical (unpaired) electrons. The van der Waals surface area contributed by atoms with Crippen LogP contribution in [0.25, 0.3) is 38.2 Å². The van der Waals surface area contributed by atoms with Crippen molar-refractivity contribution in [1.82, 2.24) is 4.40 Å². The van der Waals surface area contributed by atoms with E-state index in [0.717, 1.165) is 38.2 Å². The van der Waals surface area contributed by atoms with Crippen LogP contribution in [0, 0.1) is 0 Å². The third-order valence-electron chi connectivity index (χ3n) is 4.59. The van der Waals surface area contributed by atoms with Crippen LogP contribution in [0.15, 0.2) is 65.5 Å². The van der Waals surface area contributed by atoms with Gasteiger partial charge in [0.1, 0.15) is 0 Å². The van der Waals surface area contributed by atoms with Gasteiger partial charge in [-0.2, -0.15) is 4.40 Å². The van der Waals surface area contributed by atoms with Crippen LogP contribution in [0.2, 0.25) is 0 Å². The maximum absolute atomic E-state index is 13.1. The van der Waals surface area contributed by atoms with Gasteiger partial charge in [-0.15, -0.1) is 0 Å². The molecule has 5 rings (SSSR count). The van der Waals surface area contributed by atoms with Gasteiger partial charge in [0, 0.05) is 5.39 Å². The van der Waals surface area contributed by atoms with Crippen molar-refractivity contribution in [3.8, 4) is 0 Å². The molecule has 0 saturated carbocycles. The monoisotopic (exact) mass is 285 g/mol. The highest BCUT2D eigenvalue weighted by Crippen LogP contribution is 2.28. The van der Waals surface area contributed by atoms with Gasteiger partial charge in [-0.05, 0) is 29.7 Å². The van der Waals surface area contributed by atoms with Gasteiger partial charge in [0.15, 0.2) is 11.0 Å². The van der Waals surface area contributed by atoms with Crippen LogP contribution in [-0.4, -0.2) is 4.40 Å². The van der Waals surface area contributed by atoms with E-state index in [0.29, 0.717) is 0 Å². The van der Waals surface area contributed by atoms with E-state index in [-0.39, 0.29) is 5.56 Å². The lowest BCUT2D eigenvalue weighted by molar-refractivity contribution is -0.617. The molecule has 0 bridgehead atoms. The zero-order valence-corrected chi connectivity index (χ0v) is 12.1. The first kappa shape index (κ1) is 11.7. The number of benzene rings is 3. The summed E-state index contributed by atoms with van der Waals surface area (Å²) in [4.78, 5) is 13.1. The number of pyridine rings is 1. The minimum absolute atomic E-state index is 0.0519. The van der Waals surface area contributed by atoms with E-state index in [9.17, 15) is 4.79 Å². The highest BCUT2D eigenvalue weighted by atomic mass is 16.1. The van der Waals surface area contributed by atoms with Gasteiger partial charge in [-0.1, -0.05) is 36.4 Å². The van der Waals surface area contributed by atoms with Crippen LogP contribution in [-0.2, 0) is 7.05 Å². The summed E-state index contributed by atoms with van der Waals surface area (Å²) in [5.74, 6) is 0. The first-order valence-electron chi connectivity index (χ1n) is 7.33. The molecule has 0 fully saturated rings. The standard InChI is InChI=1S/C19H13N2O/c1-20-15-10-2-3-11-16(15)21-18(20)13-8-4-6-12-7-5-9-14(17(12)13)19(21)22/h2-11H,1H3/q+1. The van der Waals surface area contributed by atoms with Gasteiger partial charge >= 0.3 is 5.56 Å². The van der Waals surface area contributed by atoms with Crippen molar-refractivity contribution >= 4 is 38.2 Å². The highest BCUT2D eigenvalue weighted by Gasteiger charge is 2.23. The summed E-state index contributed by atoms with van der Waals surface area (Å²) in [6, 6.07) is 20.2. The van der Waals surface area contributed by atoms with Crippen LogP contribution in [0.3, 0.4) is 0 Å². The number of imidazole rings is 1. The Hall–Kier alpha value is -2.94. The van der Waals surface area contributed by atoms with Crippen molar-refractivity contribution in [3.63, 3.8) is 0 Å². The van der Waals surface area contributed by atoms with Gasteiger partial charge < -0.3 is 0 Å². The van der Waals surface area contributed by atoms with E-state index in [4.69, 9.17) is 0 Å². The normalized spacial score (nSPS) is 12.0. The van der Waals surface area contributed by atoms with E-state index in [1.807, 2.05) is 41.8 Å². The molecule has 0 N–H and O–H groups in total. The maximum atomic E-state index is 13.1. The molecular formula is C19H13N2O+. The highest BCUT2D eigenvalue weighted by molar-refractivity contribution is 6.14. The molecule has 5 aromatic rings. The molecule has 0 aliphatic rings. The van der Waals surface area contributed by atoms with Crippen molar-refractivity contribution in [1.29, 1.82) is 0 Å². The zero-order valence-electron chi connectivity index (χ0n) is 12.1. The smallest absolute Gasteiger partial charge is 0.240 e. The molecule has 0 saturated heterocycles. The van der Waals surface area contributed by atoms with Gasteiger partial charge in [0.2, 0.25) is 0 Å². The summed E-state index contributed by atoms with van der Waals surface area (Å²) in [7, 11) is 2.02. The quantitative estimate of drug-likeness (QED) is 0.402. The van der Waals surface area contributed by atoms with Gasteiger partial charge in [0.25, 0.3) is 5.65 Å². The second-order valence-corrected chi connectivity index (χ2v) is 5.72. The Bertz CT molecular complexity index is 1250. The predicted molar refractivity (Wildman–Crippen MR) is 88.5 cm³/mol. The van der Waals surface area contributed by atoms with Crippen molar-refractivity contribution in [3.05, 3.63) is 71.0 Å². The SMILES string of the molecule is C[n+]1c2ccccc2n2c(=O)c3cccc4cccc(c43)c21. The summed E-state index contributed by atoms with van der Waals surface area (Å²) in [5.41, 5.74) is 3.03. The lowest BCUT2D eigenvalue weighted by Gasteiger charge is -2.03. The molecule has 3 heteroatoms. The molecule has 0 aliphatic heterocycles. The zero-order chi connectivity index (χ0) is 14.8. The predicted octanol–water partition coefficient (Wildman–Crippen LogP) is 3.02. The van der Waals surface area contributed by atoms with Crippen LogP contribution >= 0.6 is 0 Å². The first-order chi connectivity index (χ1) is 10.8. The van der Waals surface area contributed by atoms with Crippen LogP contribution in [0.5, 0.6) is 0 Å². The van der Waals surface area contributed by atoms with E-state index < -0.39 is 0 Å². The molecule has 0 unspecified atom stereocenters. The molecule has 104 valence electrons. The topological polar surface area (TPSA) is 25.4 Å². The third kappa shape index (κ3) is 1.22. The molecule has 0 spiro atoms. The lowest BCUT2D eigenvalue weighted by Crippen LogP contribution is -2.29. The molecular weight excluding hydrogens is 272 g/mol. The Morgan fingerprint density at radius 3 is 2.41 bits per heavy atom. The van der Waals surface area contributed by atoms with Crippen molar-refractivity contribution in [2.45, 2.75) is 0 Å². The third-order valence-corrected chi connectivity index (χ3v) is 4.59. The van der Waals surface area contributed by atoms with E-state index in [1.54, 1.807) is 0 Å². The average Bonchev–Trinajstić information content (AvgIpc) is 2.86. The van der Waals surface area contributed by atoms with Crippen molar-refractivity contribution in [2.24, 2.45) is 7.05 Å². The average molecular weight is 285 g/mol. The number of hydrogen-bond acceptors (Lipinski definition) is 1. The van der Waals surface area contributed by atoms with E-state index >= 15 is 0 Å². The largest absolute Gasteiger partial charge is 0.347 e. The maximum Gasteiger partial charge on any atom is 0.347 e. The molecule has 2 aromatic heterocycles. The number of rotatable bonds is 0. The summed E-state index contributed by atoms with van der Waals surface area (Å²) in [6.07, 6.45) is 0. The number of aryl methyl sites for hydroxylation is 1. The van der Waals surface area contributed by atoms with Gasteiger partial charge in [-0.3, -0.25) is 0 Å². The summed E-state index contributed by atoms with van der Waals surface area (Å²) in [5, 5.41) is 4.06. The van der Waals surface area contributed by atoms with Gasteiger partial charge in [0.05, 0.1) is 17.8 Å². The number of fused-ring (bicyclic) bond motifs is 4. The van der Waals surface area contributed by atoms with Crippen LogP contribution < -0.4 is 10.1 Å². The minimum atomic E-state index is 0.0519. The molecule has 0 atom stereocenters. The fraction of sp³-hybridized carbons (Fsp3) is 0.0526. The molecule has 0 amide bonds. The molecule has 22 heavy (non-hydrogen) atoms. The van der Waals surface area contributed by atoms with Crippen molar-refractivity contribution in [2.75, 3.05) is 0 Å². The second-order valence-electron chi connectivity index (χ2n) is 5.72. The van der Waals surface area contributed by atoms with E-state index in [1.165, 1.54) is 0 Å². The Morgan fingerprint density at radius 1 is 0.864 bits per heavy atom. The molecule has 2 heterocycles. The Kier molecular flexibility index (Phi) is 2.03. The molecule has 0 aliphatic carbocycles. The minimum Gasteiger partial charge on any atom is -0.240 e. The van der Waals surface area contributed by atoms with Crippen LogP contribution in [0.1, 0.15) is 0 Å². The second kappa shape index (κ2) is 3.83. The van der Waals surface area contributed by atoms with Crippen molar-refractivity contribution < 1.29 is 4.57 Å². The number of hydrogen-bond donors (Lipinski definition) is 0. The Labute approximate surface area is 126 Å². The van der Waals surface area contributed by atoms with Crippen LogP contribution in [0.4, 0.5) is 0 Å². The number of para-hydroxylation sites is 2. The summed E-state index contributed by atoms with van der Waals surface area (Å²) < 4.78 is 3.95. The summed E-state index contributed by atoms with van der Waals surface area (Å²) >= 11 is 0. The lowest BCUT2D eigenvalue weighted by atomic mass is 10.0. The molecule has 3 nitrogen and oxygen atoms in total. The first-order valence-corrected chi connectivity index (χ1v) is 7.33. The fourth-order valence-corrected chi connectivity index (χ4v) is 3.65. The summed E-state index contributed by atoms with van der Waals surface area (Å²) in [6.45, 7) is 0. The Morgan fingerprint density at radius 2 is 1.59 bits per heavy atom. The number of aromatic nitrogens is 2.